The van der Waals surface area contributed by atoms with Crippen molar-refractivity contribution in [2.24, 2.45) is 7.05 Å². The molecule has 0 amide bonds. The molecule has 2 atom stereocenters. The molecular weight excluding hydrogens is 354 g/mol. The van der Waals surface area contributed by atoms with E-state index < -0.39 is 12.2 Å². The molecule has 0 radical (unpaired) electrons. The molecular formula is C21H33N5O2. The lowest BCUT2D eigenvalue weighted by Gasteiger charge is -2.25. The molecule has 2 saturated heterocycles. The second-order valence-corrected chi connectivity index (χ2v) is 8.36. The number of aromatic nitrogens is 3. The van der Waals surface area contributed by atoms with Gasteiger partial charge in [-0.15, -0.1) is 0 Å². The van der Waals surface area contributed by atoms with Crippen LogP contribution in [0.2, 0.25) is 0 Å². The number of nitrogens with zero attached hydrogens (tertiary/aromatic N) is 5. The molecule has 7 nitrogen and oxygen atoms in total. The minimum absolute atomic E-state index is 0.560. The van der Waals surface area contributed by atoms with Gasteiger partial charge in [0.15, 0.2) is 5.65 Å². The monoisotopic (exact) mass is 387 g/mol. The number of likely N-dealkylation sites (tertiary alicyclic amines) is 1. The van der Waals surface area contributed by atoms with Crippen LogP contribution in [-0.4, -0.2) is 74.8 Å². The van der Waals surface area contributed by atoms with Crippen LogP contribution < -0.4 is 4.90 Å². The summed E-state index contributed by atoms with van der Waals surface area (Å²) in [6, 6.07) is 4.34. The number of anilines is 1. The van der Waals surface area contributed by atoms with Gasteiger partial charge in [0.1, 0.15) is 5.82 Å². The number of pyridine rings is 1. The maximum Gasteiger partial charge on any atom is 0.160 e. The first-order chi connectivity index (χ1) is 13.6. The molecule has 0 bridgehead atoms. The van der Waals surface area contributed by atoms with Gasteiger partial charge in [0, 0.05) is 38.6 Å². The minimum atomic E-state index is -0.610. The van der Waals surface area contributed by atoms with E-state index in [-0.39, 0.29) is 0 Å². The standard InChI is InChI=1S/C21H33N5O2/c1-24-21-16(9-10-20(22-21)26-12-5-3-2-4-6-13-26)17(23-24)8-7-11-25-14-18(27)19(28)15-25/h9-10,18-19,27-28H,2-8,11-15H2,1H3/t18-,19+. The first-order valence-electron chi connectivity index (χ1n) is 10.8. The quantitative estimate of drug-likeness (QED) is 0.813. The summed E-state index contributed by atoms with van der Waals surface area (Å²) in [7, 11) is 1.98. The Labute approximate surface area is 167 Å². The molecule has 7 heteroatoms. The van der Waals surface area contributed by atoms with E-state index in [1.165, 1.54) is 32.1 Å². The molecule has 2 fully saturated rings. The lowest BCUT2D eigenvalue weighted by atomic mass is 10.1. The highest BCUT2D eigenvalue weighted by molar-refractivity contribution is 5.80. The van der Waals surface area contributed by atoms with E-state index in [9.17, 15) is 10.2 Å². The molecule has 0 spiro atoms. The minimum Gasteiger partial charge on any atom is -0.389 e. The van der Waals surface area contributed by atoms with Gasteiger partial charge in [0.25, 0.3) is 0 Å². The summed E-state index contributed by atoms with van der Waals surface area (Å²) in [5, 5.41) is 25.2. The molecule has 4 heterocycles. The molecule has 28 heavy (non-hydrogen) atoms. The molecule has 4 rings (SSSR count). The molecule has 2 N–H and O–H groups in total. The van der Waals surface area contributed by atoms with E-state index in [0.29, 0.717) is 13.1 Å². The Balaban J connectivity index is 1.42. The Morgan fingerprint density at radius 2 is 1.68 bits per heavy atom. The number of hydrogen-bond acceptors (Lipinski definition) is 6. The second kappa shape index (κ2) is 8.76. The molecule has 2 aliphatic rings. The highest BCUT2D eigenvalue weighted by Gasteiger charge is 2.28. The molecule has 0 aromatic carbocycles. The summed E-state index contributed by atoms with van der Waals surface area (Å²) in [6.07, 6.45) is 7.11. The number of hydrogen-bond donors (Lipinski definition) is 2. The van der Waals surface area contributed by atoms with Crippen molar-refractivity contribution in [3.05, 3.63) is 17.8 Å². The second-order valence-electron chi connectivity index (χ2n) is 8.36. The predicted molar refractivity (Wildman–Crippen MR) is 111 cm³/mol. The van der Waals surface area contributed by atoms with E-state index in [1.54, 1.807) is 0 Å². The zero-order valence-electron chi connectivity index (χ0n) is 16.9. The highest BCUT2D eigenvalue weighted by atomic mass is 16.3. The van der Waals surface area contributed by atoms with Gasteiger partial charge in [0.05, 0.1) is 17.9 Å². The Kier molecular flexibility index (Phi) is 6.13. The van der Waals surface area contributed by atoms with E-state index in [0.717, 1.165) is 55.0 Å². The number of fused-ring (bicyclic) bond motifs is 1. The molecule has 2 aromatic heterocycles. The molecule has 2 aliphatic heterocycles. The largest absolute Gasteiger partial charge is 0.389 e. The fourth-order valence-corrected chi connectivity index (χ4v) is 4.53. The summed E-state index contributed by atoms with van der Waals surface area (Å²) >= 11 is 0. The number of aliphatic hydroxyl groups excluding tert-OH is 2. The Bertz CT molecular complexity index is 774. The average Bonchev–Trinajstić information content (AvgIpc) is 3.14. The number of rotatable bonds is 5. The van der Waals surface area contributed by atoms with Gasteiger partial charge >= 0.3 is 0 Å². The van der Waals surface area contributed by atoms with Gasteiger partial charge in [0.2, 0.25) is 0 Å². The summed E-state index contributed by atoms with van der Waals surface area (Å²) in [4.78, 5) is 9.50. The number of β-amino-alcohol motifs (C(OH)–C–C–N with tert-alkyl or cyclic N) is 2. The molecule has 0 saturated carbocycles. The topological polar surface area (TPSA) is 77.7 Å². The van der Waals surface area contributed by atoms with Crippen molar-refractivity contribution in [2.75, 3.05) is 37.6 Å². The van der Waals surface area contributed by atoms with Gasteiger partial charge in [-0.2, -0.15) is 5.10 Å². The van der Waals surface area contributed by atoms with Crippen LogP contribution in [-0.2, 0) is 13.5 Å². The average molecular weight is 388 g/mol. The zero-order valence-corrected chi connectivity index (χ0v) is 16.9. The molecule has 0 aliphatic carbocycles. The third-order valence-electron chi connectivity index (χ3n) is 6.15. The predicted octanol–water partition coefficient (Wildman–Crippen LogP) is 1.71. The lowest BCUT2D eigenvalue weighted by molar-refractivity contribution is 0.0572. The number of aliphatic hydroxyl groups is 2. The van der Waals surface area contributed by atoms with Gasteiger partial charge in [-0.25, -0.2) is 4.98 Å². The maximum absolute atomic E-state index is 9.68. The van der Waals surface area contributed by atoms with Crippen LogP contribution in [0.15, 0.2) is 12.1 Å². The van der Waals surface area contributed by atoms with Gasteiger partial charge in [-0.05, 0) is 44.4 Å². The highest BCUT2D eigenvalue weighted by Crippen LogP contribution is 2.24. The Morgan fingerprint density at radius 3 is 2.39 bits per heavy atom. The van der Waals surface area contributed by atoms with Crippen molar-refractivity contribution < 1.29 is 10.2 Å². The Morgan fingerprint density at radius 1 is 1.00 bits per heavy atom. The van der Waals surface area contributed by atoms with E-state index in [1.807, 2.05) is 11.7 Å². The summed E-state index contributed by atoms with van der Waals surface area (Å²) in [5.41, 5.74) is 2.05. The van der Waals surface area contributed by atoms with E-state index >= 15 is 0 Å². The van der Waals surface area contributed by atoms with Crippen LogP contribution in [0.4, 0.5) is 5.82 Å². The molecule has 2 aromatic rings. The van der Waals surface area contributed by atoms with Crippen molar-refractivity contribution in [3.8, 4) is 0 Å². The molecule has 154 valence electrons. The van der Waals surface area contributed by atoms with E-state index in [2.05, 4.69) is 21.9 Å². The van der Waals surface area contributed by atoms with Crippen LogP contribution in [0.5, 0.6) is 0 Å². The van der Waals surface area contributed by atoms with Crippen LogP contribution >= 0.6 is 0 Å². The first kappa shape index (κ1) is 19.6. The summed E-state index contributed by atoms with van der Waals surface area (Å²) in [6.45, 7) is 4.18. The summed E-state index contributed by atoms with van der Waals surface area (Å²) < 4.78 is 1.90. The Hall–Kier alpha value is -1.70. The van der Waals surface area contributed by atoms with Crippen LogP contribution in [0.1, 0.15) is 44.2 Å². The smallest absolute Gasteiger partial charge is 0.160 e. The van der Waals surface area contributed by atoms with Gasteiger partial charge in [-0.3, -0.25) is 9.58 Å². The SMILES string of the molecule is Cn1nc(CCCN2C[C@@H](O)[C@@H](O)C2)c2ccc(N3CCCCCCC3)nc21. The third-order valence-corrected chi connectivity index (χ3v) is 6.15. The van der Waals surface area contributed by atoms with Crippen LogP contribution in [0, 0.1) is 0 Å². The fraction of sp³-hybridized carbons (Fsp3) is 0.714. The van der Waals surface area contributed by atoms with E-state index in [4.69, 9.17) is 10.1 Å². The zero-order chi connectivity index (χ0) is 19.5. The lowest BCUT2D eigenvalue weighted by Crippen LogP contribution is -2.27. The van der Waals surface area contributed by atoms with Crippen molar-refractivity contribution in [1.82, 2.24) is 19.7 Å². The van der Waals surface area contributed by atoms with Crippen LogP contribution in [0.3, 0.4) is 0 Å². The van der Waals surface area contributed by atoms with Gasteiger partial charge in [-0.1, -0.05) is 19.3 Å². The van der Waals surface area contributed by atoms with Crippen molar-refractivity contribution in [1.29, 1.82) is 0 Å². The number of aryl methyl sites for hydroxylation is 2. The maximum atomic E-state index is 9.68. The van der Waals surface area contributed by atoms with Crippen LogP contribution in [0.25, 0.3) is 11.0 Å². The summed E-state index contributed by atoms with van der Waals surface area (Å²) in [5.74, 6) is 1.07. The normalized spacial score (nSPS) is 24.6. The molecule has 0 unspecified atom stereocenters. The van der Waals surface area contributed by atoms with Gasteiger partial charge < -0.3 is 15.1 Å². The first-order valence-corrected chi connectivity index (χ1v) is 10.8. The van der Waals surface area contributed by atoms with Crippen molar-refractivity contribution in [3.63, 3.8) is 0 Å². The van der Waals surface area contributed by atoms with Crippen molar-refractivity contribution in [2.45, 2.75) is 57.2 Å². The fourth-order valence-electron chi connectivity index (χ4n) is 4.53. The third kappa shape index (κ3) is 4.31. The van der Waals surface area contributed by atoms with Crippen molar-refractivity contribution >= 4 is 16.9 Å².